The Morgan fingerprint density at radius 2 is 2.00 bits per heavy atom. The standard InChI is InChI=1S/C16H29N3/c1-6-9-17-14(5)15-8-10-18-16(11-15)19(7-2)12-13(3)4/h8,10-11,13-14,17H,6-7,9,12H2,1-5H3. The van der Waals surface area contributed by atoms with Gasteiger partial charge in [-0.1, -0.05) is 20.8 Å². The Morgan fingerprint density at radius 1 is 1.26 bits per heavy atom. The first kappa shape index (κ1) is 16.0. The van der Waals surface area contributed by atoms with Crippen LogP contribution in [0.2, 0.25) is 0 Å². The van der Waals surface area contributed by atoms with Gasteiger partial charge in [-0.25, -0.2) is 4.98 Å². The zero-order chi connectivity index (χ0) is 14.3. The van der Waals surface area contributed by atoms with E-state index in [1.54, 1.807) is 0 Å². The van der Waals surface area contributed by atoms with Gasteiger partial charge < -0.3 is 10.2 Å². The number of aromatic nitrogens is 1. The van der Waals surface area contributed by atoms with E-state index in [4.69, 9.17) is 0 Å². The molecule has 0 fully saturated rings. The van der Waals surface area contributed by atoms with E-state index >= 15 is 0 Å². The smallest absolute Gasteiger partial charge is 0.128 e. The number of nitrogens with zero attached hydrogens (tertiary/aromatic N) is 2. The van der Waals surface area contributed by atoms with Crippen molar-refractivity contribution in [1.29, 1.82) is 0 Å². The van der Waals surface area contributed by atoms with E-state index in [9.17, 15) is 0 Å². The minimum absolute atomic E-state index is 0.388. The Bertz CT molecular complexity index is 363. The normalized spacial score (nSPS) is 12.7. The van der Waals surface area contributed by atoms with E-state index in [1.807, 2.05) is 6.20 Å². The Kier molecular flexibility index (Phi) is 6.85. The zero-order valence-corrected chi connectivity index (χ0v) is 13.1. The predicted molar refractivity (Wildman–Crippen MR) is 83.7 cm³/mol. The van der Waals surface area contributed by atoms with Gasteiger partial charge in [-0.05, 0) is 50.4 Å². The van der Waals surface area contributed by atoms with E-state index in [-0.39, 0.29) is 0 Å². The monoisotopic (exact) mass is 263 g/mol. The number of nitrogens with one attached hydrogen (secondary N) is 1. The fourth-order valence-corrected chi connectivity index (χ4v) is 2.18. The summed E-state index contributed by atoms with van der Waals surface area (Å²) in [7, 11) is 0. The highest BCUT2D eigenvalue weighted by Gasteiger charge is 2.10. The summed E-state index contributed by atoms with van der Waals surface area (Å²) in [4.78, 5) is 6.87. The maximum atomic E-state index is 4.52. The van der Waals surface area contributed by atoms with Gasteiger partial charge in [0.25, 0.3) is 0 Å². The van der Waals surface area contributed by atoms with Crippen LogP contribution < -0.4 is 10.2 Å². The quantitative estimate of drug-likeness (QED) is 0.776. The van der Waals surface area contributed by atoms with Crippen molar-refractivity contribution < 1.29 is 0 Å². The number of hydrogen-bond donors (Lipinski definition) is 1. The largest absolute Gasteiger partial charge is 0.357 e. The minimum Gasteiger partial charge on any atom is -0.357 e. The van der Waals surface area contributed by atoms with Crippen LogP contribution in [0.4, 0.5) is 5.82 Å². The number of pyridine rings is 1. The van der Waals surface area contributed by atoms with Crippen LogP contribution in [0, 0.1) is 5.92 Å². The number of rotatable bonds is 8. The van der Waals surface area contributed by atoms with Gasteiger partial charge in [0.1, 0.15) is 5.82 Å². The Balaban J connectivity index is 2.79. The second-order valence-corrected chi connectivity index (χ2v) is 5.56. The summed E-state index contributed by atoms with van der Waals surface area (Å²) in [5.74, 6) is 1.75. The fraction of sp³-hybridized carbons (Fsp3) is 0.688. The zero-order valence-electron chi connectivity index (χ0n) is 13.1. The summed E-state index contributed by atoms with van der Waals surface area (Å²) < 4.78 is 0. The SMILES string of the molecule is CCCNC(C)c1ccnc(N(CC)CC(C)C)c1. The Morgan fingerprint density at radius 3 is 2.58 bits per heavy atom. The summed E-state index contributed by atoms with van der Waals surface area (Å²) in [5.41, 5.74) is 1.32. The van der Waals surface area contributed by atoms with Gasteiger partial charge in [0.05, 0.1) is 0 Å². The van der Waals surface area contributed by atoms with Crippen molar-refractivity contribution >= 4 is 5.82 Å². The van der Waals surface area contributed by atoms with Gasteiger partial charge in [0.2, 0.25) is 0 Å². The van der Waals surface area contributed by atoms with E-state index < -0.39 is 0 Å². The summed E-state index contributed by atoms with van der Waals surface area (Å²) >= 11 is 0. The molecule has 1 heterocycles. The molecule has 3 heteroatoms. The lowest BCUT2D eigenvalue weighted by Crippen LogP contribution is -2.28. The van der Waals surface area contributed by atoms with Gasteiger partial charge in [0.15, 0.2) is 0 Å². The minimum atomic E-state index is 0.388. The first-order valence-electron chi connectivity index (χ1n) is 7.52. The molecule has 0 spiro atoms. The van der Waals surface area contributed by atoms with Crippen molar-refractivity contribution in [3.63, 3.8) is 0 Å². The molecule has 108 valence electrons. The summed E-state index contributed by atoms with van der Waals surface area (Å²) in [6.45, 7) is 14.2. The summed E-state index contributed by atoms with van der Waals surface area (Å²) in [6.07, 6.45) is 3.09. The molecule has 0 aliphatic rings. The lowest BCUT2D eigenvalue weighted by molar-refractivity contribution is 0.569. The van der Waals surface area contributed by atoms with E-state index in [2.05, 4.69) is 62.0 Å². The van der Waals surface area contributed by atoms with Crippen molar-refractivity contribution in [2.24, 2.45) is 5.92 Å². The summed E-state index contributed by atoms with van der Waals surface area (Å²) in [6, 6.07) is 4.72. The molecule has 0 aromatic carbocycles. The molecule has 1 atom stereocenters. The lowest BCUT2D eigenvalue weighted by Gasteiger charge is -2.25. The van der Waals surface area contributed by atoms with Crippen LogP contribution in [0.25, 0.3) is 0 Å². The second kappa shape index (κ2) is 8.16. The van der Waals surface area contributed by atoms with Gasteiger partial charge in [0, 0.05) is 25.3 Å². The maximum Gasteiger partial charge on any atom is 0.128 e. The Labute approximate surface area is 118 Å². The average molecular weight is 263 g/mol. The van der Waals surface area contributed by atoms with Crippen LogP contribution in [-0.4, -0.2) is 24.6 Å². The average Bonchev–Trinajstić information content (AvgIpc) is 2.42. The van der Waals surface area contributed by atoms with Crippen molar-refractivity contribution in [1.82, 2.24) is 10.3 Å². The van der Waals surface area contributed by atoms with Crippen molar-refractivity contribution in [3.8, 4) is 0 Å². The van der Waals surface area contributed by atoms with Gasteiger partial charge >= 0.3 is 0 Å². The van der Waals surface area contributed by atoms with Crippen molar-refractivity contribution in [3.05, 3.63) is 23.9 Å². The van der Waals surface area contributed by atoms with E-state index in [1.165, 1.54) is 5.56 Å². The molecule has 0 saturated carbocycles. The van der Waals surface area contributed by atoms with E-state index in [0.717, 1.165) is 31.9 Å². The van der Waals surface area contributed by atoms with Crippen LogP contribution in [0.3, 0.4) is 0 Å². The van der Waals surface area contributed by atoms with Crippen molar-refractivity contribution in [2.45, 2.75) is 47.1 Å². The molecule has 1 rings (SSSR count). The summed E-state index contributed by atoms with van der Waals surface area (Å²) in [5, 5.41) is 3.53. The molecule has 0 amide bonds. The van der Waals surface area contributed by atoms with Crippen LogP contribution in [0.15, 0.2) is 18.3 Å². The lowest BCUT2D eigenvalue weighted by atomic mass is 10.1. The van der Waals surface area contributed by atoms with Gasteiger partial charge in [-0.15, -0.1) is 0 Å². The molecule has 1 N–H and O–H groups in total. The molecule has 3 nitrogen and oxygen atoms in total. The molecule has 1 unspecified atom stereocenters. The first-order valence-corrected chi connectivity index (χ1v) is 7.52. The first-order chi connectivity index (χ1) is 9.08. The molecular weight excluding hydrogens is 234 g/mol. The molecule has 1 aromatic rings. The molecular formula is C16H29N3. The second-order valence-electron chi connectivity index (χ2n) is 5.56. The van der Waals surface area contributed by atoms with E-state index in [0.29, 0.717) is 12.0 Å². The molecule has 0 radical (unpaired) electrons. The topological polar surface area (TPSA) is 28.2 Å². The molecule has 0 saturated heterocycles. The van der Waals surface area contributed by atoms with Crippen LogP contribution >= 0.6 is 0 Å². The molecule has 19 heavy (non-hydrogen) atoms. The van der Waals surface area contributed by atoms with Crippen LogP contribution in [0.5, 0.6) is 0 Å². The third-order valence-corrected chi connectivity index (χ3v) is 3.26. The highest BCUT2D eigenvalue weighted by Crippen LogP contribution is 2.19. The van der Waals surface area contributed by atoms with Gasteiger partial charge in [-0.2, -0.15) is 0 Å². The number of anilines is 1. The van der Waals surface area contributed by atoms with Crippen LogP contribution in [-0.2, 0) is 0 Å². The van der Waals surface area contributed by atoms with Crippen molar-refractivity contribution in [2.75, 3.05) is 24.5 Å². The highest BCUT2D eigenvalue weighted by molar-refractivity contribution is 5.41. The van der Waals surface area contributed by atoms with Crippen LogP contribution in [0.1, 0.15) is 52.6 Å². The Hall–Kier alpha value is -1.09. The number of hydrogen-bond acceptors (Lipinski definition) is 3. The van der Waals surface area contributed by atoms with Gasteiger partial charge in [-0.3, -0.25) is 0 Å². The molecule has 1 aromatic heterocycles. The maximum absolute atomic E-state index is 4.52. The molecule has 0 aliphatic carbocycles. The third-order valence-electron chi connectivity index (χ3n) is 3.26. The predicted octanol–water partition coefficient (Wildman–Crippen LogP) is 3.62. The molecule has 0 bridgehead atoms. The highest BCUT2D eigenvalue weighted by atomic mass is 15.2. The third kappa shape index (κ3) is 5.19. The fourth-order valence-electron chi connectivity index (χ4n) is 2.18. The molecule has 0 aliphatic heterocycles.